The van der Waals surface area contributed by atoms with Crippen molar-refractivity contribution in [3.8, 4) is 0 Å². The van der Waals surface area contributed by atoms with Crippen LogP contribution in [0.1, 0.15) is 72.9 Å². The van der Waals surface area contributed by atoms with Gasteiger partial charge in [-0.3, -0.25) is 9.59 Å². The van der Waals surface area contributed by atoms with E-state index in [1.807, 2.05) is 39.0 Å². The molecule has 0 bridgehead atoms. The highest BCUT2D eigenvalue weighted by atomic mass is 16.1. The van der Waals surface area contributed by atoms with E-state index in [0.29, 0.717) is 12.5 Å². The van der Waals surface area contributed by atoms with Crippen molar-refractivity contribution in [3.05, 3.63) is 68.8 Å². The zero-order chi connectivity index (χ0) is 25.4. The number of rotatable bonds is 9. The lowest BCUT2D eigenvalue weighted by Crippen LogP contribution is -2.30. The Morgan fingerprint density at radius 1 is 1.14 bits per heavy atom. The molecule has 3 heterocycles. The first-order valence-electron chi connectivity index (χ1n) is 13.2. The summed E-state index contributed by atoms with van der Waals surface area (Å²) in [6.07, 6.45) is 4.17. The number of aromatic amines is 1. The molecule has 1 aliphatic rings. The number of benzene rings is 1. The fourth-order valence-corrected chi connectivity index (χ4v) is 5.20. The number of carbonyl (C=O) groups is 1. The third-order valence-electron chi connectivity index (χ3n) is 6.88. The minimum atomic E-state index is -0.0619. The maximum atomic E-state index is 13.4. The minimum absolute atomic E-state index is 0.0619. The van der Waals surface area contributed by atoms with Crippen LogP contribution >= 0.6 is 0 Å². The Bertz CT molecular complexity index is 1190. The van der Waals surface area contributed by atoms with Crippen molar-refractivity contribution in [1.82, 2.24) is 20.2 Å². The van der Waals surface area contributed by atoms with E-state index in [4.69, 9.17) is 0 Å². The molecule has 4 rings (SSSR count). The first kappa shape index (κ1) is 26.9. The van der Waals surface area contributed by atoms with Gasteiger partial charge in [-0.05, 0) is 69.8 Å². The summed E-state index contributed by atoms with van der Waals surface area (Å²) in [5.74, 6) is 0.709. The van der Waals surface area contributed by atoms with Gasteiger partial charge in [-0.2, -0.15) is 0 Å². The van der Waals surface area contributed by atoms with Crippen molar-refractivity contribution in [2.24, 2.45) is 5.92 Å². The number of nitrogens with one attached hydrogen (secondary N) is 3. The summed E-state index contributed by atoms with van der Waals surface area (Å²) >= 11 is 0. The van der Waals surface area contributed by atoms with Crippen LogP contribution in [0.15, 0.2) is 35.1 Å². The van der Waals surface area contributed by atoms with Crippen LogP contribution in [0.5, 0.6) is 0 Å². The molecule has 6 heteroatoms. The topological polar surface area (TPSA) is 78.9 Å². The normalized spacial score (nSPS) is 14.1. The summed E-state index contributed by atoms with van der Waals surface area (Å²) in [7, 11) is 0. The smallest absolute Gasteiger partial charge is 0.252 e. The van der Waals surface area contributed by atoms with Crippen molar-refractivity contribution in [1.29, 1.82) is 0 Å². The largest absolute Gasteiger partial charge is 0.344 e. The monoisotopic (exact) mass is 478 g/mol. The van der Waals surface area contributed by atoms with Gasteiger partial charge < -0.3 is 20.2 Å². The second-order valence-corrected chi connectivity index (χ2v) is 9.34. The first-order chi connectivity index (χ1) is 17.0. The molecule has 190 valence electrons. The number of hydrogen-bond acceptors (Lipinski definition) is 4. The molecular weight excluding hydrogens is 436 g/mol. The molecule has 0 spiro atoms. The molecule has 0 radical (unpaired) electrons. The molecule has 0 amide bonds. The number of ketones is 1. The number of para-hydroxylation sites is 1. The van der Waals surface area contributed by atoms with Crippen LogP contribution in [0, 0.1) is 19.8 Å². The predicted molar refractivity (Wildman–Crippen MR) is 145 cm³/mol. The lowest BCUT2D eigenvalue weighted by Gasteiger charge is -2.24. The average Bonchev–Trinajstić information content (AvgIpc) is 3.14. The zero-order valence-electron chi connectivity index (χ0n) is 22.1. The number of fused-ring (bicyclic) bond motifs is 1. The molecule has 35 heavy (non-hydrogen) atoms. The third-order valence-corrected chi connectivity index (χ3v) is 6.88. The summed E-state index contributed by atoms with van der Waals surface area (Å²) in [6.45, 7) is 13.8. The summed E-state index contributed by atoms with van der Waals surface area (Å²) < 4.78 is 2.34. The number of piperidine rings is 1. The van der Waals surface area contributed by atoms with Crippen LogP contribution in [-0.2, 0) is 19.5 Å². The first-order valence-corrected chi connectivity index (χ1v) is 13.2. The number of aromatic nitrogens is 2. The number of hydrogen-bond donors (Lipinski definition) is 3. The molecule has 1 aromatic carbocycles. The second-order valence-electron chi connectivity index (χ2n) is 9.34. The van der Waals surface area contributed by atoms with Gasteiger partial charge in [0.15, 0.2) is 5.78 Å². The zero-order valence-corrected chi connectivity index (χ0v) is 22.1. The summed E-state index contributed by atoms with van der Waals surface area (Å²) in [5, 5.41) is 7.71. The highest BCUT2D eigenvalue weighted by Gasteiger charge is 2.22. The van der Waals surface area contributed by atoms with Gasteiger partial charge in [0.25, 0.3) is 5.56 Å². The summed E-state index contributed by atoms with van der Waals surface area (Å²) in [4.78, 5) is 28.8. The molecule has 1 fully saturated rings. The Kier molecular flexibility index (Phi) is 9.87. The van der Waals surface area contributed by atoms with Gasteiger partial charge in [0.2, 0.25) is 0 Å². The Hall–Kier alpha value is -2.70. The molecular formula is C29H42N4O2. The molecule has 0 unspecified atom stereocenters. The van der Waals surface area contributed by atoms with Crippen LogP contribution < -0.4 is 16.2 Å². The molecule has 1 aliphatic heterocycles. The molecule has 6 nitrogen and oxygen atoms in total. The fourth-order valence-electron chi connectivity index (χ4n) is 5.20. The van der Waals surface area contributed by atoms with E-state index in [9.17, 15) is 9.59 Å². The quantitative estimate of drug-likeness (QED) is 0.382. The highest BCUT2D eigenvalue weighted by Crippen LogP contribution is 2.28. The van der Waals surface area contributed by atoms with Crippen LogP contribution in [0.4, 0.5) is 0 Å². The number of pyridine rings is 1. The lowest BCUT2D eigenvalue weighted by molar-refractivity contribution is 0.0991. The molecule has 3 N–H and O–H groups in total. The molecule has 1 saturated heterocycles. The van der Waals surface area contributed by atoms with Crippen LogP contribution in [-0.4, -0.2) is 35.0 Å². The van der Waals surface area contributed by atoms with Crippen molar-refractivity contribution >= 4 is 16.7 Å². The highest BCUT2D eigenvalue weighted by molar-refractivity contribution is 6.10. The number of aryl methyl sites for hydroxylation is 2. The minimum Gasteiger partial charge on any atom is -0.344 e. The number of Topliss-reactive ketones (excluding diaryl/α,β-unsaturated/α-hetero) is 1. The Morgan fingerprint density at radius 2 is 1.86 bits per heavy atom. The maximum absolute atomic E-state index is 13.4. The molecule has 0 aliphatic carbocycles. The Morgan fingerprint density at radius 3 is 2.57 bits per heavy atom. The molecule has 0 saturated carbocycles. The van der Waals surface area contributed by atoms with Gasteiger partial charge in [-0.15, -0.1) is 0 Å². The molecule has 0 atom stereocenters. The van der Waals surface area contributed by atoms with Gasteiger partial charge in [0.1, 0.15) is 0 Å². The van der Waals surface area contributed by atoms with Crippen molar-refractivity contribution in [3.63, 3.8) is 0 Å². The van der Waals surface area contributed by atoms with Crippen molar-refractivity contribution in [2.45, 2.75) is 73.4 Å². The average molecular weight is 479 g/mol. The standard InChI is InChI=1S/C27H36N4O2.C2H6/c1-4-7-21-14-18(2)30-27(33)23(21)15-29-16-25(32)26-19(3)31(17-20-10-12-28-13-11-20)24-9-6-5-8-22(24)26;1-2/h5-6,8-9,14,20,28-29H,4,7,10-13,15-17H2,1-3H3,(H,30,33);1-2H3. The van der Waals surface area contributed by atoms with Gasteiger partial charge in [0, 0.05) is 46.5 Å². The van der Waals surface area contributed by atoms with Crippen LogP contribution in [0.3, 0.4) is 0 Å². The predicted octanol–water partition coefficient (Wildman–Crippen LogP) is 4.90. The second kappa shape index (κ2) is 12.8. The number of nitrogens with zero attached hydrogens (tertiary/aromatic N) is 1. The summed E-state index contributed by atoms with van der Waals surface area (Å²) in [6, 6.07) is 10.3. The van der Waals surface area contributed by atoms with E-state index in [1.165, 1.54) is 12.8 Å². The van der Waals surface area contributed by atoms with Gasteiger partial charge in [-0.1, -0.05) is 45.4 Å². The van der Waals surface area contributed by atoms with E-state index < -0.39 is 0 Å². The third kappa shape index (κ3) is 6.30. The van der Waals surface area contributed by atoms with Crippen molar-refractivity contribution in [2.75, 3.05) is 19.6 Å². The Labute approximate surface area is 209 Å². The van der Waals surface area contributed by atoms with Gasteiger partial charge >= 0.3 is 0 Å². The van der Waals surface area contributed by atoms with Gasteiger partial charge in [-0.25, -0.2) is 0 Å². The number of carbonyl (C=O) groups excluding carboxylic acids is 1. The Balaban J connectivity index is 0.00000167. The van der Waals surface area contributed by atoms with E-state index in [0.717, 1.165) is 71.5 Å². The van der Waals surface area contributed by atoms with Crippen LogP contribution in [0.2, 0.25) is 0 Å². The number of H-pyrrole nitrogens is 1. The molecule has 3 aromatic rings. The van der Waals surface area contributed by atoms with Gasteiger partial charge in [0.05, 0.1) is 6.54 Å². The van der Waals surface area contributed by atoms with Crippen molar-refractivity contribution < 1.29 is 4.79 Å². The lowest BCUT2D eigenvalue weighted by atomic mass is 9.98. The molecule has 2 aromatic heterocycles. The fraction of sp³-hybridized carbons (Fsp3) is 0.517. The van der Waals surface area contributed by atoms with E-state index >= 15 is 0 Å². The maximum Gasteiger partial charge on any atom is 0.252 e. The van der Waals surface area contributed by atoms with E-state index in [2.05, 4.69) is 46.2 Å². The SMILES string of the molecule is CC.CCCc1cc(C)[nH]c(=O)c1CNCC(=O)c1c(C)n(CC2CCNCC2)c2ccccc12. The van der Waals surface area contributed by atoms with Crippen LogP contribution in [0.25, 0.3) is 10.9 Å². The van der Waals surface area contributed by atoms with E-state index in [1.54, 1.807) is 0 Å². The van der Waals surface area contributed by atoms with E-state index in [-0.39, 0.29) is 17.9 Å². The summed E-state index contributed by atoms with van der Waals surface area (Å²) in [5.41, 5.74) is 5.60.